The molecule has 3 atom stereocenters. The Hall–Kier alpha value is -1.61. The number of hydrogen-bond acceptors (Lipinski definition) is 3. The van der Waals surface area contributed by atoms with E-state index in [1.165, 1.54) is 24.0 Å². The molecule has 19 heavy (non-hydrogen) atoms. The lowest BCUT2D eigenvalue weighted by Gasteiger charge is -2.13. The summed E-state index contributed by atoms with van der Waals surface area (Å²) in [6.45, 7) is 0.795. The van der Waals surface area contributed by atoms with E-state index in [4.69, 9.17) is 4.42 Å². The van der Waals surface area contributed by atoms with Crippen molar-refractivity contribution >= 4 is 0 Å². The van der Waals surface area contributed by atoms with E-state index in [-0.39, 0.29) is 0 Å². The summed E-state index contributed by atoms with van der Waals surface area (Å²) in [5, 5.41) is 3.17. The van der Waals surface area contributed by atoms with E-state index in [1.807, 2.05) is 7.05 Å². The number of rotatable bonds is 3. The lowest BCUT2D eigenvalue weighted by atomic mass is 9.92. The Labute approximate surface area is 113 Å². The first-order valence-corrected chi connectivity index (χ1v) is 7.05. The Morgan fingerprint density at radius 1 is 1.32 bits per heavy atom. The summed E-state index contributed by atoms with van der Waals surface area (Å²) in [6.07, 6.45) is 4.09. The van der Waals surface area contributed by atoms with Gasteiger partial charge < -0.3 is 9.73 Å². The zero-order valence-electron chi connectivity index (χ0n) is 11.1. The molecule has 2 aromatic rings. The number of nitrogens with zero attached hydrogens (tertiary/aromatic N) is 1. The first kappa shape index (κ1) is 11.2. The van der Waals surface area contributed by atoms with Crippen LogP contribution in [0.4, 0.5) is 0 Å². The predicted octanol–water partition coefficient (Wildman–Crippen LogP) is 2.84. The SMILES string of the molecule is CNCc1ncoc1C1C2CCc3ccccc3C21. The van der Waals surface area contributed by atoms with E-state index in [0.29, 0.717) is 11.8 Å². The predicted molar refractivity (Wildman–Crippen MR) is 73.0 cm³/mol. The summed E-state index contributed by atoms with van der Waals surface area (Å²) in [4.78, 5) is 4.35. The fraction of sp³-hybridized carbons (Fsp3) is 0.438. The number of hydrogen-bond donors (Lipinski definition) is 1. The van der Waals surface area contributed by atoms with Crippen LogP contribution in [0.3, 0.4) is 0 Å². The van der Waals surface area contributed by atoms with Crippen LogP contribution < -0.4 is 5.32 Å². The Balaban J connectivity index is 1.68. The second-order valence-electron chi connectivity index (χ2n) is 5.65. The molecule has 1 fully saturated rings. The molecule has 1 aromatic carbocycles. The molecule has 1 saturated carbocycles. The highest BCUT2D eigenvalue weighted by molar-refractivity contribution is 5.44. The van der Waals surface area contributed by atoms with Crippen LogP contribution in [0.25, 0.3) is 0 Å². The lowest BCUT2D eigenvalue weighted by molar-refractivity contribution is 0.490. The van der Waals surface area contributed by atoms with Crippen LogP contribution >= 0.6 is 0 Å². The molecule has 2 aliphatic carbocycles. The van der Waals surface area contributed by atoms with Crippen LogP contribution in [0, 0.1) is 5.92 Å². The molecule has 4 rings (SSSR count). The molecule has 0 saturated heterocycles. The second kappa shape index (κ2) is 4.20. The van der Waals surface area contributed by atoms with Gasteiger partial charge in [0.1, 0.15) is 5.76 Å². The molecule has 1 aromatic heterocycles. The van der Waals surface area contributed by atoms with E-state index in [1.54, 1.807) is 6.39 Å². The van der Waals surface area contributed by atoms with Crippen LogP contribution in [-0.4, -0.2) is 12.0 Å². The van der Waals surface area contributed by atoms with Crippen LogP contribution in [0.5, 0.6) is 0 Å². The van der Waals surface area contributed by atoms with Gasteiger partial charge in [0.2, 0.25) is 0 Å². The minimum Gasteiger partial charge on any atom is -0.448 e. The normalized spacial score (nSPS) is 27.7. The first-order chi connectivity index (χ1) is 9.40. The van der Waals surface area contributed by atoms with E-state index in [2.05, 4.69) is 34.6 Å². The molecule has 0 aliphatic heterocycles. The Morgan fingerprint density at radius 2 is 2.21 bits per heavy atom. The number of nitrogens with one attached hydrogen (secondary N) is 1. The van der Waals surface area contributed by atoms with E-state index >= 15 is 0 Å². The van der Waals surface area contributed by atoms with Gasteiger partial charge in [-0.25, -0.2) is 4.98 Å². The van der Waals surface area contributed by atoms with Gasteiger partial charge >= 0.3 is 0 Å². The van der Waals surface area contributed by atoms with Crippen molar-refractivity contribution in [3.8, 4) is 0 Å². The summed E-state index contributed by atoms with van der Waals surface area (Å²) >= 11 is 0. The number of benzene rings is 1. The average molecular weight is 254 g/mol. The maximum atomic E-state index is 5.70. The third-order valence-electron chi connectivity index (χ3n) is 4.65. The van der Waals surface area contributed by atoms with Crippen molar-refractivity contribution in [3.05, 3.63) is 53.2 Å². The largest absolute Gasteiger partial charge is 0.448 e. The highest BCUT2D eigenvalue weighted by atomic mass is 16.3. The minimum atomic E-state index is 0.550. The summed E-state index contributed by atoms with van der Waals surface area (Å²) in [5.41, 5.74) is 4.15. The average Bonchev–Trinajstić information content (AvgIpc) is 3.02. The first-order valence-electron chi connectivity index (χ1n) is 7.05. The molecule has 0 radical (unpaired) electrons. The van der Waals surface area contributed by atoms with Gasteiger partial charge in [-0.05, 0) is 42.9 Å². The fourth-order valence-corrected chi connectivity index (χ4v) is 3.77. The topological polar surface area (TPSA) is 38.1 Å². The Bertz CT molecular complexity index is 604. The molecule has 98 valence electrons. The summed E-state index contributed by atoms with van der Waals surface area (Å²) in [6, 6.07) is 8.87. The molecule has 2 aliphatic rings. The summed E-state index contributed by atoms with van der Waals surface area (Å²) in [7, 11) is 1.95. The van der Waals surface area contributed by atoms with Crippen molar-refractivity contribution in [1.29, 1.82) is 0 Å². The standard InChI is InChI=1S/C16H18N2O/c1-17-8-13-16(19-9-18-13)15-12-7-6-10-4-2-3-5-11(10)14(12)15/h2-5,9,12,14-15,17H,6-8H2,1H3. The molecule has 3 heteroatoms. The van der Waals surface area contributed by atoms with Crippen LogP contribution in [0.1, 0.15) is 40.8 Å². The number of oxazole rings is 1. The third kappa shape index (κ3) is 1.65. The highest BCUT2D eigenvalue weighted by Crippen LogP contribution is 2.65. The van der Waals surface area contributed by atoms with Gasteiger partial charge in [0, 0.05) is 12.5 Å². The second-order valence-corrected chi connectivity index (χ2v) is 5.65. The molecule has 1 N–H and O–H groups in total. The van der Waals surface area contributed by atoms with Crippen LogP contribution in [0.2, 0.25) is 0 Å². The minimum absolute atomic E-state index is 0.550. The summed E-state index contributed by atoms with van der Waals surface area (Å²) < 4.78 is 5.70. The molecule has 3 nitrogen and oxygen atoms in total. The van der Waals surface area contributed by atoms with Crippen molar-refractivity contribution < 1.29 is 4.42 Å². The monoisotopic (exact) mass is 254 g/mol. The zero-order valence-corrected chi connectivity index (χ0v) is 11.1. The maximum absolute atomic E-state index is 5.70. The molecule has 3 unspecified atom stereocenters. The van der Waals surface area contributed by atoms with E-state index in [9.17, 15) is 0 Å². The third-order valence-corrected chi connectivity index (χ3v) is 4.65. The van der Waals surface area contributed by atoms with Gasteiger partial charge in [0.05, 0.1) is 5.69 Å². The van der Waals surface area contributed by atoms with Crippen LogP contribution in [-0.2, 0) is 13.0 Å². The van der Waals surface area contributed by atoms with Crippen LogP contribution in [0.15, 0.2) is 35.1 Å². The summed E-state index contributed by atoms with van der Waals surface area (Å²) in [5.74, 6) is 3.09. The van der Waals surface area contributed by atoms with E-state index < -0.39 is 0 Å². The quantitative estimate of drug-likeness (QED) is 0.915. The molecule has 1 heterocycles. The zero-order chi connectivity index (χ0) is 12.8. The molecular weight excluding hydrogens is 236 g/mol. The van der Waals surface area contributed by atoms with Crippen molar-refractivity contribution in [2.75, 3.05) is 7.05 Å². The van der Waals surface area contributed by atoms with Gasteiger partial charge in [-0.2, -0.15) is 0 Å². The molecule has 0 amide bonds. The Kier molecular flexibility index (Phi) is 2.49. The van der Waals surface area contributed by atoms with Gasteiger partial charge in [0.25, 0.3) is 0 Å². The van der Waals surface area contributed by atoms with Crippen molar-refractivity contribution in [3.63, 3.8) is 0 Å². The number of aromatic nitrogens is 1. The van der Waals surface area contributed by atoms with Crippen molar-refractivity contribution in [2.24, 2.45) is 5.92 Å². The smallest absolute Gasteiger partial charge is 0.181 e. The maximum Gasteiger partial charge on any atom is 0.181 e. The number of fused-ring (bicyclic) bond motifs is 3. The van der Waals surface area contributed by atoms with Gasteiger partial charge in [0.15, 0.2) is 6.39 Å². The number of aryl methyl sites for hydroxylation is 1. The van der Waals surface area contributed by atoms with Crippen molar-refractivity contribution in [1.82, 2.24) is 10.3 Å². The Morgan fingerprint density at radius 3 is 3.11 bits per heavy atom. The van der Waals surface area contributed by atoms with Gasteiger partial charge in [-0.3, -0.25) is 0 Å². The highest BCUT2D eigenvalue weighted by Gasteiger charge is 2.56. The molecule has 0 spiro atoms. The molecular formula is C16H18N2O. The van der Waals surface area contributed by atoms with Gasteiger partial charge in [-0.1, -0.05) is 24.3 Å². The molecule has 0 bridgehead atoms. The van der Waals surface area contributed by atoms with Crippen molar-refractivity contribution in [2.45, 2.75) is 31.2 Å². The van der Waals surface area contributed by atoms with E-state index in [0.717, 1.165) is 23.9 Å². The fourth-order valence-electron chi connectivity index (χ4n) is 3.77. The lowest BCUT2D eigenvalue weighted by Crippen LogP contribution is -2.07. The van der Waals surface area contributed by atoms with Gasteiger partial charge in [-0.15, -0.1) is 0 Å².